The highest BCUT2D eigenvalue weighted by Crippen LogP contribution is 2.30. The van der Waals surface area contributed by atoms with Gasteiger partial charge in [0.15, 0.2) is 5.82 Å². The standard InChI is InChI=1S/C19H20N6S/c1-23(2)15-10-8-13(9-11-15)17-20-21-19-25(17)22-18(26-19)14-6-5-7-16(12-14)24(3)4/h5-12H,1-4H3. The third kappa shape index (κ3) is 2.90. The van der Waals surface area contributed by atoms with Gasteiger partial charge in [0.1, 0.15) is 5.01 Å². The highest BCUT2D eigenvalue weighted by atomic mass is 32.1. The molecule has 2 aromatic carbocycles. The van der Waals surface area contributed by atoms with Gasteiger partial charge in [-0.1, -0.05) is 23.5 Å². The van der Waals surface area contributed by atoms with Crippen LogP contribution in [0.25, 0.3) is 26.9 Å². The molecule has 0 N–H and O–H groups in total. The van der Waals surface area contributed by atoms with Crippen LogP contribution in [0.3, 0.4) is 0 Å². The second-order valence-corrected chi connectivity index (χ2v) is 7.47. The van der Waals surface area contributed by atoms with E-state index < -0.39 is 0 Å². The lowest BCUT2D eigenvalue weighted by Gasteiger charge is -2.12. The third-order valence-electron chi connectivity index (χ3n) is 4.24. The van der Waals surface area contributed by atoms with E-state index in [-0.39, 0.29) is 0 Å². The van der Waals surface area contributed by atoms with Gasteiger partial charge >= 0.3 is 0 Å². The zero-order valence-corrected chi connectivity index (χ0v) is 16.0. The minimum Gasteiger partial charge on any atom is -0.378 e. The van der Waals surface area contributed by atoms with E-state index in [0.29, 0.717) is 0 Å². The van der Waals surface area contributed by atoms with Crippen LogP contribution in [0.4, 0.5) is 11.4 Å². The first-order chi connectivity index (χ1) is 12.5. The first kappa shape index (κ1) is 16.5. The van der Waals surface area contributed by atoms with Gasteiger partial charge in [-0.2, -0.15) is 9.61 Å². The molecule has 0 atom stereocenters. The van der Waals surface area contributed by atoms with Crippen molar-refractivity contribution in [2.24, 2.45) is 0 Å². The fraction of sp³-hybridized carbons (Fsp3) is 0.211. The van der Waals surface area contributed by atoms with Crippen molar-refractivity contribution in [2.75, 3.05) is 38.0 Å². The van der Waals surface area contributed by atoms with E-state index in [0.717, 1.165) is 38.3 Å². The first-order valence-electron chi connectivity index (χ1n) is 8.31. The molecule has 0 aliphatic carbocycles. The average Bonchev–Trinajstić information content (AvgIpc) is 3.22. The molecule has 0 aliphatic rings. The second-order valence-electron chi connectivity index (χ2n) is 6.51. The van der Waals surface area contributed by atoms with Crippen LogP contribution in [-0.2, 0) is 0 Å². The lowest BCUT2D eigenvalue weighted by atomic mass is 10.2. The molecular formula is C19H20N6S. The van der Waals surface area contributed by atoms with Crippen LogP contribution in [0, 0.1) is 0 Å². The van der Waals surface area contributed by atoms with E-state index in [9.17, 15) is 0 Å². The molecule has 4 rings (SSSR count). The van der Waals surface area contributed by atoms with Crippen LogP contribution in [-0.4, -0.2) is 48.0 Å². The van der Waals surface area contributed by atoms with Gasteiger partial charge in [-0.05, 0) is 36.4 Å². The molecular weight excluding hydrogens is 344 g/mol. The molecule has 0 radical (unpaired) electrons. The Bertz CT molecular complexity index is 1050. The maximum Gasteiger partial charge on any atom is 0.235 e. The zero-order valence-electron chi connectivity index (χ0n) is 15.2. The summed E-state index contributed by atoms with van der Waals surface area (Å²) in [6.45, 7) is 0. The van der Waals surface area contributed by atoms with Gasteiger partial charge in [-0.3, -0.25) is 0 Å². The largest absolute Gasteiger partial charge is 0.378 e. The Labute approximate surface area is 156 Å². The van der Waals surface area contributed by atoms with E-state index in [1.807, 2.05) is 38.8 Å². The van der Waals surface area contributed by atoms with Crippen molar-refractivity contribution in [3.8, 4) is 22.0 Å². The van der Waals surface area contributed by atoms with Crippen molar-refractivity contribution in [3.63, 3.8) is 0 Å². The molecule has 0 amide bonds. The topological polar surface area (TPSA) is 49.6 Å². The summed E-state index contributed by atoms with van der Waals surface area (Å²) in [5.41, 5.74) is 4.38. The highest BCUT2D eigenvalue weighted by molar-refractivity contribution is 7.19. The van der Waals surface area contributed by atoms with Gasteiger partial charge in [0.2, 0.25) is 4.96 Å². The smallest absolute Gasteiger partial charge is 0.235 e. The Hall–Kier alpha value is -2.93. The van der Waals surface area contributed by atoms with E-state index in [4.69, 9.17) is 5.10 Å². The fourth-order valence-corrected chi connectivity index (χ4v) is 3.58. The molecule has 0 aliphatic heterocycles. The molecule has 4 aromatic rings. The van der Waals surface area contributed by atoms with Gasteiger partial charge < -0.3 is 9.80 Å². The number of hydrogen-bond acceptors (Lipinski definition) is 6. The maximum atomic E-state index is 4.76. The number of fused-ring (bicyclic) bond motifs is 1. The summed E-state index contributed by atoms with van der Waals surface area (Å²) in [6.07, 6.45) is 0. The summed E-state index contributed by atoms with van der Waals surface area (Å²) >= 11 is 1.55. The molecule has 6 nitrogen and oxygen atoms in total. The monoisotopic (exact) mass is 364 g/mol. The summed E-state index contributed by atoms with van der Waals surface area (Å²) in [5, 5.41) is 14.3. The summed E-state index contributed by atoms with van der Waals surface area (Å²) in [6, 6.07) is 16.6. The Morgan fingerprint density at radius 1 is 0.808 bits per heavy atom. The normalized spacial score (nSPS) is 11.1. The lowest BCUT2D eigenvalue weighted by molar-refractivity contribution is 0.970. The van der Waals surface area contributed by atoms with Gasteiger partial charge in [-0.15, -0.1) is 10.2 Å². The molecule has 26 heavy (non-hydrogen) atoms. The number of nitrogens with zero attached hydrogens (tertiary/aromatic N) is 6. The van der Waals surface area contributed by atoms with E-state index >= 15 is 0 Å². The third-order valence-corrected chi connectivity index (χ3v) is 5.19. The summed E-state index contributed by atoms with van der Waals surface area (Å²) in [4.78, 5) is 4.95. The molecule has 0 spiro atoms. The highest BCUT2D eigenvalue weighted by Gasteiger charge is 2.15. The predicted molar refractivity (Wildman–Crippen MR) is 108 cm³/mol. The van der Waals surface area contributed by atoms with Crippen molar-refractivity contribution in [1.29, 1.82) is 0 Å². The molecule has 0 saturated carbocycles. The van der Waals surface area contributed by atoms with Gasteiger partial charge in [0.25, 0.3) is 0 Å². The van der Waals surface area contributed by atoms with E-state index in [1.54, 1.807) is 11.3 Å². The van der Waals surface area contributed by atoms with Crippen LogP contribution >= 0.6 is 11.3 Å². The van der Waals surface area contributed by atoms with Crippen molar-refractivity contribution in [2.45, 2.75) is 0 Å². The Morgan fingerprint density at radius 3 is 2.23 bits per heavy atom. The Morgan fingerprint density at radius 2 is 1.54 bits per heavy atom. The van der Waals surface area contributed by atoms with Crippen molar-refractivity contribution in [3.05, 3.63) is 48.5 Å². The summed E-state index contributed by atoms with van der Waals surface area (Å²) in [5.74, 6) is 0.761. The van der Waals surface area contributed by atoms with Crippen LogP contribution in [0.2, 0.25) is 0 Å². The SMILES string of the molecule is CN(C)c1ccc(-c2nnc3sc(-c4cccc(N(C)C)c4)nn23)cc1. The first-order valence-corrected chi connectivity index (χ1v) is 9.12. The number of rotatable bonds is 4. The Balaban J connectivity index is 1.74. The van der Waals surface area contributed by atoms with Crippen LogP contribution in [0.5, 0.6) is 0 Å². The second kappa shape index (κ2) is 6.42. The molecule has 0 fully saturated rings. The molecule has 0 saturated heterocycles. The predicted octanol–water partition coefficient (Wildman–Crippen LogP) is 3.65. The molecule has 2 aromatic heterocycles. The van der Waals surface area contributed by atoms with Crippen LogP contribution in [0.1, 0.15) is 0 Å². The molecule has 132 valence electrons. The lowest BCUT2D eigenvalue weighted by Crippen LogP contribution is -2.08. The quantitative estimate of drug-likeness (QED) is 0.553. The van der Waals surface area contributed by atoms with Crippen molar-refractivity contribution < 1.29 is 0 Å². The van der Waals surface area contributed by atoms with Gasteiger partial charge in [0, 0.05) is 50.7 Å². The maximum absolute atomic E-state index is 4.76. The van der Waals surface area contributed by atoms with E-state index in [2.05, 4.69) is 62.5 Å². The number of anilines is 2. The average molecular weight is 364 g/mol. The summed E-state index contributed by atoms with van der Waals surface area (Å²) < 4.78 is 1.83. The zero-order chi connectivity index (χ0) is 18.3. The van der Waals surface area contributed by atoms with Crippen molar-refractivity contribution >= 4 is 27.7 Å². The fourth-order valence-electron chi connectivity index (χ4n) is 2.74. The van der Waals surface area contributed by atoms with Gasteiger partial charge in [-0.25, -0.2) is 0 Å². The Kier molecular flexibility index (Phi) is 4.08. The molecule has 0 bridgehead atoms. The summed E-state index contributed by atoms with van der Waals surface area (Å²) in [7, 11) is 8.12. The minimum absolute atomic E-state index is 0.761. The minimum atomic E-state index is 0.761. The molecule has 0 unspecified atom stereocenters. The van der Waals surface area contributed by atoms with Crippen LogP contribution < -0.4 is 9.80 Å². The molecule has 2 heterocycles. The number of aromatic nitrogens is 4. The van der Waals surface area contributed by atoms with Gasteiger partial charge in [0.05, 0.1) is 0 Å². The molecule has 7 heteroatoms. The van der Waals surface area contributed by atoms with Crippen molar-refractivity contribution in [1.82, 2.24) is 19.8 Å². The number of hydrogen-bond donors (Lipinski definition) is 0. The van der Waals surface area contributed by atoms with Crippen LogP contribution in [0.15, 0.2) is 48.5 Å². The number of benzene rings is 2. The van der Waals surface area contributed by atoms with E-state index in [1.165, 1.54) is 0 Å².